The van der Waals surface area contributed by atoms with E-state index in [-0.39, 0.29) is 25.7 Å². The third-order valence-electron chi connectivity index (χ3n) is 16.1. The van der Waals surface area contributed by atoms with Gasteiger partial charge in [-0.2, -0.15) is 0 Å². The number of hydrogen-bond donors (Lipinski definition) is 3. The van der Waals surface area contributed by atoms with Crippen molar-refractivity contribution < 1.29 is 80.2 Å². The molecule has 5 atom stereocenters. The number of aliphatic hydroxyl groups excluding tert-OH is 1. The Balaban J connectivity index is 5.16. The SMILES string of the molecule is CCCCCCCCCCCCCCCCCCCCCC(=O)O[C@H](COC(=O)CCCCCCCCCCCCC)COP(=O)(O)OC[C@@H](O)COP(=O)(O)OC[C@@H](COC(=O)CCCCCCCCCCC)OC(=O)CCCCCCCCCCC. The summed E-state index contributed by atoms with van der Waals surface area (Å²) in [6.45, 7) is 4.90. The lowest BCUT2D eigenvalue weighted by atomic mass is 10.0. The van der Waals surface area contributed by atoms with Gasteiger partial charge in [-0.3, -0.25) is 37.3 Å². The molecule has 88 heavy (non-hydrogen) atoms. The van der Waals surface area contributed by atoms with Crippen molar-refractivity contribution in [3.8, 4) is 0 Å². The Kier molecular flexibility index (Phi) is 62.4. The Bertz CT molecular complexity index is 1690. The van der Waals surface area contributed by atoms with Gasteiger partial charge in [0.1, 0.15) is 19.3 Å². The van der Waals surface area contributed by atoms with E-state index in [0.717, 1.165) is 89.9 Å². The van der Waals surface area contributed by atoms with Gasteiger partial charge in [-0.05, 0) is 25.7 Å². The molecule has 0 saturated heterocycles. The van der Waals surface area contributed by atoms with Gasteiger partial charge in [0.05, 0.1) is 26.4 Å². The summed E-state index contributed by atoms with van der Waals surface area (Å²) in [6.07, 6.45) is 51.4. The van der Waals surface area contributed by atoms with Crippen LogP contribution in [0.3, 0.4) is 0 Å². The second-order valence-corrected chi connectivity index (χ2v) is 27.8. The van der Waals surface area contributed by atoms with Gasteiger partial charge in [-0.15, -0.1) is 0 Å². The van der Waals surface area contributed by atoms with Crippen molar-refractivity contribution in [3.63, 3.8) is 0 Å². The molecule has 0 radical (unpaired) electrons. The second kappa shape index (κ2) is 63.8. The molecular weight excluding hydrogens is 1160 g/mol. The zero-order valence-corrected chi connectivity index (χ0v) is 58.5. The largest absolute Gasteiger partial charge is 0.472 e. The van der Waals surface area contributed by atoms with Crippen LogP contribution in [0.2, 0.25) is 0 Å². The number of phosphoric ester groups is 2. The van der Waals surface area contributed by atoms with Gasteiger partial charge in [-0.1, -0.05) is 310 Å². The van der Waals surface area contributed by atoms with Gasteiger partial charge in [0.2, 0.25) is 0 Å². The molecule has 0 aliphatic rings. The maximum atomic E-state index is 13.0. The number of hydrogen-bond acceptors (Lipinski definition) is 15. The van der Waals surface area contributed by atoms with Crippen LogP contribution in [0.4, 0.5) is 0 Å². The normalized spacial score (nSPS) is 14.0. The van der Waals surface area contributed by atoms with Crippen LogP contribution < -0.4 is 0 Å². The van der Waals surface area contributed by atoms with Crippen LogP contribution in [0.25, 0.3) is 0 Å². The molecule has 0 rings (SSSR count). The zero-order valence-electron chi connectivity index (χ0n) is 56.7. The molecule has 3 N–H and O–H groups in total. The Morgan fingerprint density at radius 1 is 0.273 bits per heavy atom. The van der Waals surface area contributed by atoms with E-state index in [1.54, 1.807) is 0 Å². The van der Waals surface area contributed by atoms with Gasteiger partial charge < -0.3 is 33.8 Å². The predicted octanol–water partition coefficient (Wildman–Crippen LogP) is 19.9. The molecule has 0 aliphatic carbocycles. The maximum absolute atomic E-state index is 13.0. The maximum Gasteiger partial charge on any atom is 0.472 e. The van der Waals surface area contributed by atoms with Crippen molar-refractivity contribution in [2.45, 2.75) is 380 Å². The molecule has 0 aromatic rings. The first-order chi connectivity index (χ1) is 42.7. The monoisotopic (exact) mass is 1300 g/mol. The molecule has 522 valence electrons. The highest BCUT2D eigenvalue weighted by Gasteiger charge is 2.30. The van der Waals surface area contributed by atoms with Gasteiger partial charge in [-0.25, -0.2) is 9.13 Å². The van der Waals surface area contributed by atoms with Crippen LogP contribution in [-0.2, 0) is 65.4 Å². The minimum atomic E-state index is -4.95. The first-order valence-corrected chi connectivity index (χ1v) is 39.3. The number of aliphatic hydroxyl groups is 1. The summed E-state index contributed by atoms with van der Waals surface area (Å²) in [5, 5.41) is 10.6. The lowest BCUT2D eigenvalue weighted by Gasteiger charge is -2.21. The van der Waals surface area contributed by atoms with Crippen LogP contribution in [0, 0.1) is 0 Å². The van der Waals surface area contributed by atoms with E-state index in [2.05, 4.69) is 27.7 Å². The first-order valence-electron chi connectivity index (χ1n) is 36.3. The Hall–Kier alpha value is -1.94. The van der Waals surface area contributed by atoms with E-state index in [4.69, 9.17) is 37.0 Å². The highest BCUT2D eigenvalue weighted by Crippen LogP contribution is 2.45. The first kappa shape index (κ1) is 86.1. The standard InChI is InChI=1S/C69H134O17P2/c1-5-9-13-17-21-25-27-28-29-30-31-32-33-34-36-40-44-48-52-56-69(74)86-65(60-80-67(72)54-50-46-42-39-35-26-22-18-14-10-6-2)62-84-88(77,78)82-58-63(70)57-81-87(75,76)83-61-64(85-68(73)55-51-47-43-38-24-20-16-12-8-4)59-79-66(71)53-49-45-41-37-23-19-15-11-7-3/h63-65,70H,5-62H2,1-4H3,(H,75,76)(H,77,78)/t63-,64+,65+/m0/s1. The molecule has 0 amide bonds. The van der Waals surface area contributed by atoms with Crippen molar-refractivity contribution in [1.29, 1.82) is 0 Å². The minimum Gasteiger partial charge on any atom is -0.462 e. The Labute approximate surface area is 537 Å². The second-order valence-electron chi connectivity index (χ2n) is 24.9. The number of carbonyl (C=O) groups excluding carboxylic acids is 4. The van der Waals surface area contributed by atoms with Crippen molar-refractivity contribution in [2.75, 3.05) is 39.6 Å². The summed E-state index contributed by atoms with van der Waals surface area (Å²) >= 11 is 0. The van der Waals surface area contributed by atoms with Crippen molar-refractivity contribution in [3.05, 3.63) is 0 Å². The molecule has 0 heterocycles. The molecule has 0 bridgehead atoms. The number of unbranched alkanes of at least 4 members (excludes halogenated alkanes) is 44. The van der Waals surface area contributed by atoms with Crippen LogP contribution in [0.1, 0.15) is 362 Å². The average molecular weight is 1300 g/mol. The van der Waals surface area contributed by atoms with Gasteiger partial charge in [0, 0.05) is 25.7 Å². The molecule has 0 aliphatic heterocycles. The topological polar surface area (TPSA) is 237 Å². The molecule has 2 unspecified atom stereocenters. The molecule has 0 saturated carbocycles. The fourth-order valence-electron chi connectivity index (χ4n) is 10.5. The van der Waals surface area contributed by atoms with Gasteiger partial charge >= 0.3 is 39.5 Å². The molecule has 0 spiro atoms. The number of ether oxygens (including phenoxy) is 4. The highest BCUT2D eigenvalue weighted by atomic mass is 31.2. The zero-order chi connectivity index (χ0) is 64.7. The highest BCUT2D eigenvalue weighted by molar-refractivity contribution is 7.47. The number of esters is 4. The van der Waals surface area contributed by atoms with Crippen LogP contribution in [0.5, 0.6) is 0 Å². The smallest absolute Gasteiger partial charge is 0.462 e. The van der Waals surface area contributed by atoms with E-state index in [9.17, 15) is 43.2 Å². The summed E-state index contributed by atoms with van der Waals surface area (Å²) < 4.78 is 68.1. The molecular formula is C69H134O17P2. The summed E-state index contributed by atoms with van der Waals surface area (Å²) in [7, 11) is -9.89. The third kappa shape index (κ3) is 62.8. The molecule has 17 nitrogen and oxygen atoms in total. The predicted molar refractivity (Wildman–Crippen MR) is 354 cm³/mol. The van der Waals surface area contributed by atoms with E-state index < -0.39 is 97.5 Å². The Morgan fingerprint density at radius 2 is 0.455 bits per heavy atom. The molecule has 0 aromatic heterocycles. The average Bonchev–Trinajstić information content (AvgIpc) is 3.58. The van der Waals surface area contributed by atoms with E-state index in [0.29, 0.717) is 25.7 Å². The molecule has 0 aromatic carbocycles. The minimum absolute atomic E-state index is 0.106. The Morgan fingerprint density at radius 3 is 0.670 bits per heavy atom. The lowest BCUT2D eigenvalue weighted by Crippen LogP contribution is -2.30. The third-order valence-corrected chi connectivity index (χ3v) is 18.0. The fraction of sp³-hybridized carbons (Fsp3) is 0.942. The van der Waals surface area contributed by atoms with E-state index in [1.807, 2.05) is 0 Å². The van der Waals surface area contributed by atoms with Crippen LogP contribution >= 0.6 is 15.6 Å². The van der Waals surface area contributed by atoms with Crippen molar-refractivity contribution in [2.24, 2.45) is 0 Å². The van der Waals surface area contributed by atoms with Crippen LogP contribution in [-0.4, -0.2) is 96.7 Å². The van der Waals surface area contributed by atoms with Crippen molar-refractivity contribution >= 4 is 39.5 Å². The fourth-order valence-corrected chi connectivity index (χ4v) is 12.1. The van der Waals surface area contributed by atoms with E-state index >= 15 is 0 Å². The van der Waals surface area contributed by atoms with Crippen molar-refractivity contribution in [1.82, 2.24) is 0 Å². The van der Waals surface area contributed by atoms with Gasteiger partial charge in [0.25, 0.3) is 0 Å². The summed E-state index contributed by atoms with van der Waals surface area (Å²) in [6, 6.07) is 0. The summed E-state index contributed by atoms with van der Waals surface area (Å²) in [5.41, 5.74) is 0. The van der Waals surface area contributed by atoms with Gasteiger partial charge in [0.15, 0.2) is 12.2 Å². The summed E-state index contributed by atoms with van der Waals surface area (Å²) in [4.78, 5) is 72.3. The molecule has 0 fully saturated rings. The lowest BCUT2D eigenvalue weighted by molar-refractivity contribution is -0.161. The number of rotatable bonds is 70. The van der Waals surface area contributed by atoms with Crippen LogP contribution in [0.15, 0.2) is 0 Å². The number of phosphoric acid groups is 2. The quantitative estimate of drug-likeness (QED) is 0.0222. The number of carbonyl (C=O) groups is 4. The summed E-state index contributed by atoms with van der Waals surface area (Å²) in [5.74, 6) is -2.13. The van der Waals surface area contributed by atoms with E-state index in [1.165, 1.54) is 193 Å². The molecule has 19 heteroatoms.